The second-order valence-corrected chi connectivity index (χ2v) is 68.7. The molecule has 32 nitrogen and oxygen atoms in total. The maximum Gasteiger partial charge on any atom is 0.289 e. The summed E-state index contributed by atoms with van der Waals surface area (Å²) in [5.74, 6) is -3.90. The Morgan fingerprint density at radius 3 is 1.00 bits per heavy atom. The van der Waals surface area contributed by atoms with Crippen molar-refractivity contribution in [1.29, 1.82) is 0 Å². The molecule has 0 saturated carbocycles. The van der Waals surface area contributed by atoms with Crippen molar-refractivity contribution in [2.45, 2.75) is 218 Å². The fraction of sp³-hybridized carbons (Fsp3) is 0.642. The molecular weight excluding hydrogens is 1950 g/mol. The van der Waals surface area contributed by atoms with Gasteiger partial charge in [-0.1, -0.05) is 76.8 Å². The summed E-state index contributed by atoms with van der Waals surface area (Å²) in [7, 11) is 0. The van der Waals surface area contributed by atoms with Crippen molar-refractivity contribution in [1.82, 2.24) is 31.9 Å². The molecule has 0 aromatic heterocycles. The van der Waals surface area contributed by atoms with Crippen LogP contribution in [0.1, 0.15) is 71.6 Å². The Hall–Kier alpha value is -4.47. The molecule has 7 unspecified atom stereocenters. The van der Waals surface area contributed by atoms with Crippen LogP contribution in [0, 0.1) is 41.4 Å². The molecule has 0 aliphatic carbocycles. The predicted octanol–water partition coefficient (Wildman–Crippen LogP) is 3.96. The van der Waals surface area contributed by atoms with Gasteiger partial charge in [0, 0.05) is 99.7 Å². The van der Waals surface area contributed by atoms with E-state index in [1.54, 1.807) is 37.3 Å². The van der Waals surface area contributed by atoms with Crippen LogP contribution in [0.3, 0.4) is 0 Å². The quantitative estimate of drug-likeness (QED) is 0.0430. The highest BCUT2D eigenvalue weighted by atomic mass is 127. The molecule has 31 atom stereocenters. The molecule has 6 amide bonds. The smallest absolute Gasteiger partial charge is 0.289 e. The fourth-order valence-corrected chi connectivity index (χ4v) is 23.8. The van der Waals surface area contributed by atoms with Gasteiger partial charge in [0.15, 0.2) is 5.76 Å². The van der Waals surface area contributed by atoms with E-state index >= 15 is 0 Å². The van der Waals surface area contributed by atoms with Crippen molar-refractivity contribution < 1.29 is 124 Å². The number of hydrogen-bond donors (Lipinski definition) is 20. The van der Waals surface area contributed by atoms with Crippen LogP contribution in [0.5, 0.6) is 0 Å². The number of nitrogens with one attached hydrogen (secondary N) is 6. The number of piperidine rings is 2. The second kappa shape index (κ2) is 49.0. The van der Waals surface area contributed by atoms with E-state index in [-0.39, 0.29) is 71.3 Å². The van der Waals surface area contributed by atoms with Crippen LogP contribution in [-0.4, -0.2) is 410 Å². The van der Waals surface area contributed by atoms with E-state index in [9.17, 15) is 95.2 Å². The van der Waals surface area contributed by atoms with E-state index in [0.717, 1.165) is 37.0 Å². The van der Waals surface area contributed by atoms with Gasteiger partial charge in [-0.05, 0) is 204 Å². The van der Waals surface area contributed by atoms with E-state index in [1.807, 2.05) is 29.5 Å². The lowest BCUT2D eigenvalue weighted by atomic mass is 9.83. The first-order valence-corrected chi connectivity index (χ1v) is 64.8. The summed E-state index contributed by atoms with van der Waals surface area (Å²) in [4.78, 5) is 69.5. The summed E-state index contributed by atoms with van der Waals surface area (Å²) in [5, 5.41) is 149. The van der Waals surface area contributed by atoms with Crippen LogP contribution in [0.4, 0.5) is 0 Å². The van der Waals surface area contributed by atoms with Gasteiger partial charge in [-0.15, -0.1) is 79.1 Å². The molecule has 0 aromatic rings. The van der Waals surface area contributed by atoms with Gasteiger partial charge in [0.25, 0.3) is 23.6 Å². The maximum atomic E-state index is 12.0. The Kier molecular flexibility index (Phi) is 42.6. The van der Waals surface area contributed by atoms with Gasteiger partial charge >= 0.3 is 0 Å². The van der Waals surface area contributed by atoms with Crippen LogP contribution in [0.2, 0.25) is 0 Å². The van der Waals surface area contributed by atoms with Crippen LogP contribution in [-0.2, 0) is 57.2 Å². The van der Waals surface area contributed by atoms with Crippen molar-refractivity contribution in [3.63, 3.8) is 0 Å². The molecule has 0 radical (unpaired) electrons. The summed E-state index contributed by atoms with van der Waals surface area (Å²) < 4.78 is 36.0. The first-order chi connectivity index (χ1) is 61.7. The molecule has 758 valence electrons. The third-order valence-corrected chi connectivity index (χ3v) is 35.3. The van der Waals surface area contributed by atoms with Crippen LogP contribution < -0.4 is 37.6 Å². The Morgan fingerprint density at radius 1 is 0.381 bits per heavy atom. The van der Waals surface area contributed by atoms with Crippen LogP contribution in [0.15, 0.2) is 131 Å². The normalized spacial score (nSPS) is 36.6. The molecule has 8 fully saturated rings. The predicted molar refractivity (Wildman–Crippen MR) is 557 cm³/mol. The topological polar surface area (TPSA) is 519 Å². The van der Waals surface area contributed by atoms with Crippen molar-refractivity contribution in [3.8, 4) is 0 Å². The Bertz CT molecular complexity index is 4530. The van der Waals surface area contributed by atoms with Gasteiger partial charge in [-0.25, -0.2) is 0 Å². The maximum absolute atomic E-state index is 12.0. The van der Waals surface area contributed by atoms with Gasteiger partial charge < -0.3 is 132 Å². The highest BCUT2D eigenvalue weighted by molar-refractivity contribution is 14.1. The lowest BCUT2D eigenvalue weighted by molar-refractivity contribution is -0.127. The average molecular weight is 2110 g/mol. The molecule has 39 heteroatoms. The Balaban J connectivity index is 0.000000220. The largest absolute Gasteiger partial charge is 0.503 e. The molecule has 0 aromatic carbocycles. The molecule has 12 heterocycles. The fourth-order valence-electron chi connectivity index (χ4n) is 17.5. The third kappa shape index (κ3) is 33.1. The summed E-state index contributed by atoms with van der Waals surface area (Å²) in [6, 6.07) is 0. The van der Waals surface area contributed by atoms with E-state index in [1.165, 1.54) is 6.08 Å². The van der Waals surface area contributed by atoms with E-state index in [0.29, 0.717) is 113 Å². The molecule has 12 aliphatic heterocycles. The zero-order chi connectivity index (χ0) is 101. The molecule has 0 bridgehead atoms. The van der Waals surface area contributed by atoms with Crippen molar-refractivity contribution in [2.75, 3.05) is 123 Å². The number of rotatable bonds is 26. The van der Waals surface area contributed by atoms with Crippen LogP contribution >= 0.6 is 63.9 Å². The highest BCUT2D eigenvalue weighted by Gasteiger charge is 2.54. The number of nitrogens with two attached hydrogens (primary N) is 1. The minimum absolute atomic E-state index is 0.0468. The monoisotopic (exact) mass is 2110 g/mol. The lowest BCUT2D eigenvalue weighted by Gasteiger charge is -2.34. The third-order valence-electron chi connectivity index (χ3n) is 25.6. The molecule has 21 N–H and O–H groups in total. The SMILES string of the molecule is C=C1NC(=O)C(/C=C/CN)=CC1[C@@H]1O[C@H](CCP(=C)(C)C)[C@@H](O)[C@H]1O.C=C1NC(=O)C(C)=CC1[C@@H]1O[C@H](CCP(=C)(C)C)[C@@H](O)[C@H]1O.C=C1NC(=O)C(C)CC1[C@@H]1O[C@H](CCP(=C)(C)C)[C@@H](O)[C@H]1O.C=C1NC(=O)C(I)=CC1[C@@H]1O[C@H](CCP(=C)(C)C)[C@@H](O)[C@H]1O.C=C1NC(=O)C(O)=CC1[C@@H]1O[C@H](CCP(=C)(C)C)[C@@H](O)[C@H]1O.C=C1NC(=O)CCC1[C@@H]1O[C@H](CCP(=C)(C)C)[C@@H](O)[C@H]1O. The van der Waals surface area contributed by atoms with E-state index in [2.05, 4.69) is 189 Å². The standard InChI is InChI=1S/C18H29N2O4P.C16H28NO4P.C16H26NO4P.C15H23INO4P.C15H24NO5P.C15H26NO4P/c1-11-13(10-12(6-5-8-19)18(23)20-11)17-16(22)15(21)14(24-17)7-9-25(2,3)4;2*1-9-8-11(10(2)17-16(9)20)15-14(19)13(18)12(21-15)6-7-22(3,4)5;1-8-9(7-10(16)15(20)17-8)14-13(19)12(18)11(21-14)5-6-22(2,3)4;1-8-9(7-10(17)15(20)16-8)14-13(19)12(18)11(21-14)5-6-22(2,3)4;1-9-10(5-6-12(17)16-9)15-14(19)13(18)11(20-15)7-8-21(2,3)4/h5-6,10,13-17,21-22H,1-2,7-9,19H2,3-4H3,(H,20,23);9,11-15,18-19H,2-3,6-8H2,1,4-5H3,(H,17,20);8,11-15,18-19H,2-3,6-7H2,1,4-5H3,(H,17,20);7,9,11-14,18-19H,1-2,5-6H2,3-4H3,(H,17,20);7,9,11-14,17-19H,1-2,5-6H2,3-4H3,(H,16,20);10-11,13-15,18-19H,1-2,5-8H2,3-4H3,(H,16,17)/b6-5+;;;;;/t13?,14-,15-,16-,17+;9?,11?,12-,13-,14-,15+;11?,12-,13-,14-,15+;2*9?,11-,12-,13-,14+;10?,11-,13-,14-,15+/m111111/s1. The van der Waals surface area contributed by atoms with Crippen molar-refractivity contribution >= 4 is 137 Å². The van der Waals surface area contributed by atoms with Gasteiger partial charge in [0.2, 0.25) is 11.8 Å². The summed E-state index contributed by atoms with van der Waals surface area (Å²) >= 11 is 1.94. The Labute approximate surface area is 806 Å². The van der Waals surface area contributed by atoms with Gasteiger partial charge in [0.05, 0.1) is 76.8 Å². The number of amides is 6. The molecular formula is C95H156IN7O25P6. The zero-order valence-corrected chi connectivity index (χ0v) is 88.0. The number of aliphatic hydroxyl groups is 13. The summed E-state index contributed by atoms with van der Waals surface area (Å²) in [6.45, 7) is 45.2. The number of hydrogen-bond acceptors (Lipinski definition) is 26. The molecule has 134 heavy (non-hydrogen) atoms. The lowest BCUT2D eigenvalue weighted by Crippen LogP contribution is -2.46. The number of aliphatic hydroxyl groups excluding tert-OH is 13. The molecule has 12 aliphatic rings. The van der Waals surface area contributed by atoms with Crippen molar-refractivity contribution in [2.24, 2.45) is 47.2 Å². The zero-order valence-electron chi connectivity index (χ0n) is 80.5. The second-order valence-electron chi connectivity index (χ2n) is 41.6. The first-order valence-electron chi connectivity index (χ1n) is 45.4. The minimum atomic E-state index is -1.25. The summed E-state index contributed by atoms with van der Waals surface area (Å²) in [6.07, 6.45) is 28.0. The molecule has 12 rings (SSSR count). The Morgan fingerprint density at radius 2 is 0.664 bits per heavy atom. The molecule has 0 spiro atoms. The number of ether oxygens (including phenoxy) is 6. The van der Waals surface area contributed by atoms with Crippen molar-refractivity contribution in [3.05, 3.63) is 131 Å². The average Bonchev–Trinajstić information content (AvgIpc) is 1.65. The minimum Gasteiger partial charge on any atom is -0.503 e. The van der Waals surface area contributed by atoms with Crippen LogP contribution in [0.25, 0.3) is 0 Å². The number of halogens is 1. The number of carbonyl (C=O) groups excluding carboxylic acids is 6. The first kappa shape index (κ1) is 116. The van der Waals surface area contributed by atoms with E-state index in [4.69, 9.17) is 34.2 Å². The van der Waals surface area contributed by atoms with Gasteiger partial charge in [0.1, 0.15) is 73.2 Å². The van der Waals surface area contributed by atoms with E-state index < -0.39 is 199 Å². The summed E-state index contributed by atoms with van der Waals surface area (Å²) in [5.41, 5.74) is 9.38. The highest BCUT2D eigenvalue weighted by Crippen LogP contribution is 2.48. The van der Waals surface area contributed by atoms with Gasteiger partial charge in [-0.3, -0.25) is 28.8 Å². The molecule has 8 saturated heterocycles. The number of carbonyl (C=O) groups is 6. The van der Waals surface area contributed by atoms with Gasteiger partial charge in [-0.2, -0.15) is 0 Å².